The van der Waals surface area contributed by atoms with E-state index in [1.165, 1.54) is 5.56 Å². The topological polar surface area (TPSA) is 55.6 Å². The highest BCUT2D eigenvalue weighted by Crippen LogP contribution is 2.18. The molecule has 0 radical (unpaired) electrons. The molecule has 1 aliphatic rings. The van der Waals surface area contributed by atoms with Crippen LogP contribution in [0.4, 0.5) is 0 Å². The second-order valence-electron chi connectivity index (χ2n) is 5.71. The summed E-state index contributed by atoms with van der Waals surface area (Å²) < 4.78 is 5.62. The second kappa shape index (κ2) is 6.75. The van der Waals surface area contributed by atoms with Crippen molar-refractivity contribution < 1.29 is 9.53 Å². The van der Waals surface area contributed by atoms with E-state index >= 15 is 0 Å². The Morgan fingerprint density at radius 2 is 2.10 bits per heavy atom. The van der Waals surface area contributed by atoms with Gasteiger partial charge < -0.3 is 15.4 Å². The number of nitrogens with zero attached hydrogens (tertiary/aromatic N) is 1. The number of carbonyl (C=O) groups excluding carboxylic acids is 1. The first-order valence-electron chi connectivity index (χ1n) is 7.32. The lowest BCUT2D eigenvalue weighted by Crippen LogP contribution is -2.32. The maximum Gasteiger partial charge on any atom is 0.226 e. The van der Waals surface area contributed by atoms with Crippen LogP contribution in [0.25, 0.3) is 0 Å². The fourth-order valence-electron chi connectivity index (χ4n) is 2.38. The largest absolute Gasteiger partial charge is 0.493 e. The number of amides is 1. The van der Waals surface area contributed by atoms with E-state index in [4.69, 9.17) is 10.5 Å². The van der Waals surface area contributed by atoms with Crippen LogP contribution >= 0.6 is 0 Å². The van der Waals surface area contributed by atoms with Crippen LogP contribution in [0.5, 0.6) is 5.75 Å². The second-order valence-corrected chi connectivity index (χ2v) is 5.71. The Labute approximate surface area is 120 Å². The molecule has 110 valence electrons. The summed E-state index contributed by atoms with van der Waals surface area (Å²) in [6.07, 6.45) is 1.32. The average molecular weight is 276 g/mol. The summed E-state index contributed by atoms with van der Waals surface area (Å²) in [5, 5.41) is 0. The molecule has 1 aromatic carbocycles. The SMILES string of the molecule is CC(C)c1ccc(OCCC(=O)N2CC[C@@H](N)C2)cc1. The number of carbonyl (C=O) groups is 1. The smallest absolute Gasteiger partial charge is 0.226 e. The first-order valence-corrected chi connectivity index (χ1v) is 7.32. The molecule has 1 heterocycles. The van der Waals surface area contributed by atoms with Gasteiger partial charge in [0, 0.05) is 19.1 Å². The molecule has 1 amide bonds. The highest BCUT2D eigenvalue weighted by molar-refractivity contribution is 5.76. The van der Waals surface area contributed by atoms with Crippen molar-refractivity contribution in [1.29, 1.82) is 0 Å². The summed E-state index contributed by atoms with van der Waals surface area (Å²) in [7, 11) is 0. The molecule has 1 aliphatic heterocycles. The third-order valence-corrected chi connectivity index (χ3v) is 3.71. The van der Waals surface area contributed by atoms with Crippen molar-refractivity contribution in [2.24, 2.45) is 5.73 Å². The molecule has 1 aromatic rings. The Morgan fingerprint density at radius 1 is 1.40 bits per heavy atom. The minimum atomic E-state index is 0.136. The summed E-state index contributed by atoms with van der Waals surface area (Å²) in [6.45, 7) is 6.21. The number of ether oxygens (including phenoxy) is 1. The van der Waals surface area contributed by atoms with Gasteiger partial charge in [0.1, 0.15) is 5.75 Å². The Morgan fingerprint density at radius 3 is 2.65 bits per heavy atom. The fraction of sp³-hybridized carbons (Fsp3) is 0.562. The number of benzene rings is 1. The average Bonchev–Trinajstić information content (AvgIpc) is 2.86. The molecule has 1 fully saturated rings. The molecule has 4 nitrogen and oxygen atoms in total. The van der Waals surface area contributed by atoms with E-state index in [0.717, 1.165) is 18.7 Å². The third kappa shape index (κ3) is 3.97. The lowest BCUT2D eigenvalue weighted by molar-refractivity contribution is -0.130. The predicted octanol–water partition coefficient (Wildman–Crippen LogP) is 2.14. The Balaban J connectivity index is 1.74. The number of hydrogen-bond acceptors (Lipinski definition) is 3. The minimum absolute atomic E-state index is 0.136. The van der Waals surface area contributed by atoms with Crippen LogP contribution in [0.3, 0.4) is 0 Å². The number of likely N-dealkylation sites (tertiary alicyclic amines) is 1. The Bertz CT molecular complexity index is 442. The van der Waals surface area contributed by atoms with Gasteiger partial charge in [0.15, 0.2) is 0 Å². The number of nitrogens with two attached hydrogens (primary N) is 1. The zero-order valence-corrected chi connectivity index (χ0v) is 12.3. The normalized spacial score (nSPS) is 18.6. The van der Waals surface area contributed by atoms with Crippen molar-refractivity contribution >= 4 is 5.91 Å². The van der Waals surface area contributed by atoms with Crippen molar-refractivity contribution in [3.8, 4) is 5.75 Å². The van der Waals surface area contributed by atoms with E-state index in [1.54, 1.807) is 0 Å². The highest BCUT2D eigenvalue weighted by Gasteiger charge is 2.23. The Hall–Kier alpha value is -1.55. The van der Waals surface area contributed by atoms with Gasteiger partial charge >= 0.3 is 0 Å². The Kier molecular flexibility index (Phi) is 5.01. The fourth-order valence-corrected chi connectivity index (χ4v) is 2.38. The van der Waals surface area contributed by atoms with Crippen molar-refractivity contribution in [3.63, 3.8) is 0 Å². The maximum atomic E-state index is 11.9. The van der Waals surface area contributed by atoms with Crippen LogP contribution in [0.15, 0.2) is 24.3 Å². The molecule has 2 rings (SSSR count). The predicted molar refractivity (Wildman–Crippen MR) is 79.8 cm³/mol. The van der Waals surface area contributed by atoms with Gasteiger partial charge in [-0.1, -0.05) is 26.0 Å². The van der Waals surface area contributed by atoms with Crippen molar-refractivity contribution in [1.82, 2.24) is 4.90 Å². The molecule has 2 N–H and O–H groups in total. The monoisotopic (exact) mass is 276 g/mol. The minimum Gasteiger partial charge on any atom is -0.493 e. The molecule has 1 saturated heterocycles. The molecular formula is C16H24N2O2. The van der Waals surface area contributed by atoms with Crippen LogP contribution < -0.4 is 10.5 Å². The van der Waals surface area contributed by atoms with E-state index < -0.39 is 0 Å². The molecule has 0 aliphatic carbocycles. The molecular weight excluding hydrogens is 252 g/mol. The number of hydrogen-bond donors (Lipinski definition) is 1. The molecule has 0 aromatic heterocycles. The zero-order valence-electron chi connectivity index (χ0n) is 12.3. The van der Waals surface area contributed by atoms with Gasteiger partial charge in [0.25, 0.3) is 0 Å². The van der Waals surface area contributed by atoms with E-state index in [-0.39, 0.29) is 11.9 Å². The van der Waals surface area contributed by atoms with Gasteiger partial charge in [-0.3, -0.25) is 4.79 Å². The molecule has 0 saturated carbocycles. The summed E-state index contributed by atoms with van der Waals surface area (Å²) >= 11 is 0. The molecule has 0 unspecified atom stereocenters. The van der Waals surface area contributed by atoms with Crippen LogP contribution in [-0.2, 0) is 4.79 Å². The standard InChI is InChI=1S/C16H24N2O2/c1-12(2)13-3-5-15(6-4-13)20-10-8-16(19)18-9-7-14(17)11-18/h3-6,12,14H,7-11,17H2,1-2H3/t14-/m1/s1. The van der Waals surface area contributed by atoms with Gasteiger partial charge in [0.2, 0.25) is 5.91 Å². The van der Waals surface area contributed by atoms with E-state index in [0.29, 0.717) is 25.5 Å². The van der Waals surface area contributed by atoms with Crippen LogP contribution in [-0.4, -0.2) is 36.5 Å². The third-order valence-electron chi connectivity index (χ3n) is 3.71. The molecule has 0 spiro atoms. The van der Waals surface area contributed by atoms with Crippen molar-refractivity contribution in [2.75, 3.05) is 19.7 Å². The molecule has 4 heteroatoms. The number of rotatable bonds is 5. The highest BCUT2D eigenvalue weighted by atomic mass is 16.5. The summed E-state index contributed by atoms with van der Waals surface area (Å²) in [4.78, 5) is 13.7. The van der Waals surface area contributed by atoms with Gasteiger partial charge in [0.05, 0.1) is 13.0 Å². The summed E-state index contributed by atoms with van der Waals surface area (Å²) in [5.74, 6) is 1.47. The summed E-state index contributed by atoms with van der Waals surface area (Å²) in [6, 6.07) is 8.21. The van der Waals surface area contributed by atoms with Gasteiger partial charge in [-0.15, -0.1) is 0 Å². The van der Waals surface area contributed by atoms with Crippen LogP contribution in [0.1, 0.15) is 38.2 Å². The van der Waals surface area contributed by atoms with Crippen LogP contribution in [0, 0.1) is 0 Å². The molecule has 0 bridgehead atoms. The van der Waals surface area contributed by atoms with E-state index in [9.17, 15) is 4.79 Å². The van der Waals surface area contributed by atoms with E-state index in [1.807, 2.05) is 17.0 Å². The van der Waals surface area contributed by atoms with Gasteiger partial charge in [-0.2, -0.15) is 0 Å². The maximum absolute atomic E-state index is 11.9. The summed E-state index contributed by atoms with van der Waals surface area (Å²) in [5.41, 5.74) is 7.09. The lowest BCUT2D eigenvalue weighted by Gasteiger charge is -2.16. The van der Waals surface area contributed by atoms with Crippen molar-refractivity contribution in [2.45, 2.75) is 38.6 Å². The quantitative estimate of drug-likeness (QED) is 0.896. The lowest BCUT2D eigenvalue weighted by atomic mass is 10.0. The zero-order chi connectivity index (χ0) is 14.5. The van der Waals surface area contributed by atoms with E-state index in [2.05, 4.69) is 26.0 Å². The first-order chi connectivity index (χ1) is 9.56. The van der Waals surface area contributed by atoms with Crippen molar-refractivity contribution in [3.05, 3.63) is 29.8 Å². The molecule has 20 heavy (non-hydrogen) atoms. The van der Waals surface area contributed by atoms with Gasteiger partial charge in [-0.05, 0) is 30.0 Å². The molecule has 1 atom stereocenters. The van der Waals surface area contributed by atoms with Crippen LogP contribution in [0.2, 0.25) is 0 Å². The van der Waals surface area contributed by atoms with Gasteiger partial charge in [-0.25, -0.2) is 0 Å². The first kappa shape index (κ1) is 14.9.